The van der Waals surface area contributed by atoms with Crippen LogP contribution in [0.4, 0.5) is 4.79 Å². The van der Waals surface area contributed by atoms with Gasteiger partial charge in [-0.25, -0.2) is 9.59 Å². The van der Waals surface area contributed by atoms with Crippen molar-refractivity contribution in [1.29, 1.82) is 0 Å². The van der Waals surface area contributed by atoms with Gasteiger partial charge in [0.1, 0.15) is 11.6 Å². The summed E-state index contributed by atoms with van der Waals surface area (Å²) >= 11 is 0. The molecule has 0 saturated carbocycles. The van der Waals surface area contributed by atoms with Crippen molar-refractivity contribution in [3.05, 3.63) is 0 Å². The van der Waals surface area contributed by atoms with Crippen LogP contribution in [-0.4, -0.2) is 40.3 Å². The van der Waals surface area contributed by atoms with E-state index in [0.717, 1.165) is 12.8 Å². The molecule has 1 atom stereocenters. The lowest BCUT2D eigenvalue weighted by Gasteiger charge is -2.29. The van der Waals surface area contributed by atoms with E-state index in [0.29, 0.717) is 6.54 Å². The van der Waals surface area contributed by atoms with E-state index in [-0.39, 0.29) is 0 Å². The van der Waals surface area contributed by atoms with Gasteiger partial charge >= 0.3 is 12.1 Å². The number of carboxylic acid groups (broad SMARTS) is 1. The molecule has 0 aromatic heterocycles. The van der Waals surface area contributed by atoms with E-state index < -0.39 is 23.7 Å². The topological polar surface area (TPSA) is 66.8 Å². The second kappa shape index (κ2) is 6.47. The van der Waals surface area contributed by atoms with Gasteiger partial charge in [-0.05, 0) is 34.1 Å². The third-order valence-corrected chi connectivity index (χ3v) is 2.21. The summed E-state index contributed by atoms with van der Waals surface area (Å²) in [6.45, 7) is 9.15. The van der Waals surface area contributed by atoms with Gasteiger partial charge in [0, 0.05) is 6.54 Å². The Kier molecular flexibility index (Phi) is 5.99. The van der Waals surface area contributed by atoms with Crippen molar-refractivity contribution in [3.63, 3.8) is 0 Å². The third-order valence-electron chi connectivity index (χ3n) is 2.21. The number of aliphatic carboxylic acids is 1. The van der Waals surface area contributed by atoms with E-state index in [1.54, 1.807) is 20.8 Å². The normalized spacial score (nSPS) is 13.0. The van der Waals surface area contributed by atoms with E-state index in [1.165, 1.54) is 11.8 Å². The zero-order chi connectivity index (χ0) is 13.6. The molecule has 0 fully saturated rings. The molecule has 0 aliphatic rings. The van der Waals surface area contributed by atoms with E-state index in [2.05, 4.69) is 0 Å². The smallest absolute Gasteiger partial charge is 0.411 e. The Morgan fingerprint density at radius 3 is 2.24 bits per heavy atom. The Morgan fingerprint density at radius 2 is 1.88 bits per heavy atom. The molecule has 1 N–H and O–H groups in total. The van der Waals surface area contributed by atoms with Gasteiger partial charge in [0.25, 0.3) is 0 Å². The van der Waals surface area contributed by atoms with Crippen molar-refractivity contribution in [2.24, 2.45) is 0 Å². The van der Waals surface area contributed by atoms with E-state index in [4.69, 9.17) is 9.84 Å². The summed E-state index contributed by atoms with van der Waals surface area (Å²) in [4.78, 5) is 24.0. The minimum Gasteiger partial charge on any atom is -0.480 e. The van der Waals surface area contributed by atoms with E-state index >= 15 is 0 Å². The molecule has 5 nitrogen and oxygen atoms in total. The summed E-state index contributed by atoms with van der Waals surface area (Å²) in [5.41, 5.74) is -0.611. The van der Waals surface area contributed by atoms with Gasteiger partial charge in [0.2, 0.25) is 0 Å². The van der Waals surface area contributed by atoms with Crippen molar-refractivity contribution in [3.8, 4) is 0 Å². The molecule has 0 bridgehead atoms. The van der Waals surface area contributed by atoms with Crippen LogP contribution in [0.25, 0.3) is 0 Å². The first-order chi connectivity index (χ1) is 7.69. The van der Waals surface area contributed by atoms with Crippen molar-refractivity contribution in [2.45, 2.75) is 59.1 Å². The van der Waals surface area contributed by atoms with Crippen LogP contribution < -0.4 is 0 Å². The number of carboxylic acids is 1. The predicted molar refractivity (Wildman–Crippen MR) is 64.9 cm³/mol. The van der Waals surface area contributed by atoms with Crippen LogP contribution in [0.15, 0.2) is 0 Å². The number of carbonyl (C=O) groups is 2. The predicted octanol–water partition coefficient (Wildman–Crippen LogP) is 2.50. The number of nitrogens with zero attached hydrogens (tertiary/aromatic N) is 1. The lowest BCUT2D eigenvalue weighted by molar-refractivity contribution is -0.142. The van der Waals surface area contributed by atoms with Gasteiger partial charge < -0.3 is 9.84 Å². The maximum absolute atomic E-state index is 11.9. The summed E-state index contributed by atoms with van der Waals surface area (Å²) in [7, 11) is 0. The monoisotopic (exact) mass is 245 g/mol. The van der Waals surface area contributed by atoms with Crippen molar-refractivity contribution in [1.82, 2.24) is 4.90 Å². The van der Waals surface area contributed by atoms with E-state index in [9.17, 15) is 9.59 Å². The van der Waals surface area contributed by atoms with Gasteiger partial charge in [-0.15, -0.1) is 0 Å². The SMILES string of the molecule is CCCCN(C(=O)OC(C)(C)C)[C@@H](C)C(=O)O. The average Bonchev–Trinajstić information content (AvgIpc) is 2.15. The maximum Gasteiger partial charge on any atom is 0.411 e. The largest absolute Gasteiger partial charge is 0.480 e. The highest BCUT2D eigenvalue weighted by atomic mass is 16.6. The molecule has 0 unspecified atom stereocenters. The first kappa shape index (κ1) is 15.7. The average molecular weight is 245 g/mol. The van der Waals surface area contributed by atoms with Crippen LogP contribution in [0.3, 0.4) is 0 Å². The van der Waals surface area contributed by atoms with Crippen LogP contribution >= 0.6 is 0 Å². The van der Waals surface area contributed by atoms with Crippen LogP contribution in [0.2, 0.25) is 0 Å². The molecule has 100 valence electrons. The van der Waals surface area contributed by atoms with Crippen LogP contribution in [0.5, 0.6) is 0 Å². The summed E-state index contributed by atoms with van der Waals surface area (Å²) in [6.07, 6.45) is 1.09. The minimum atomic E-state index is -1.02. The second-order valence-electron chi connectivity index (χ2n) is 5.04. The van der Waals surface area contributed by atoms with Crippen molar-refractivity contribution >= 4 is 12.1 Å². The van der Waals surface area contributed by atoms with Crippen LogP contribution in [0.1, 0.15) is 47.5 Å². The maximum atomic E-state index is 11.9. The summed E-state index contributed by atoms with van der Waals surface area (Å²) in [5, 5.41) is 8.95. The molecular formula is C12H23NO4. The highest BCUT2D eigenvalue weighted by Crippen LogP contribution is 2.13. The number of ether oxygens (including phenoxy) is 1. The molecule has 5 heteroatoms. The molecule has 0 aliphatic carbocycles. The van der Waals surface area contributed by atoms with Crippen LogP contribution in [-0.2, 0) is 9.53 Å². The first-order valence-corrected chi connectivity index (χ1v) is 5.91. The molecule has 0 heterocycles. The molecule has 0 rings (SSSR count). The lowest BCUT2D eigenvalue weighted by atomic mass is 10.2. The number of rotatable bonds is 5. The summed E-state index contributed by atoms with van der Waals surface area (Å²) in [5.74, 6) is -1.02. The number of hydrogen-bond donors (Lipinski definition) is 1. The lowest BCUT2D eigenvalue weighted by Crippen LogP contribution is -2.46. The summed E-state index contributed by atoms with van der Waals surface area (Å²) < 4.78 is 5.19. The number of amides is 1. The first-order valence-electron chi connectivity index (χ1n) is 5.91. The van der Waals surface area contributed by atoms with Gasteiger partial charge in [-0.1, -0.05) is 13.3 Å². The van der Waals surface area contributed by atoms with Crippen molar-refractivity contribution in [2.75, 3.05) is 6.54 Å². The molecule has 0 radical (unpaired) electrons. The Balaban J connectivity index is 4.67. The van der Waals surface area contributed by atoms with Crippen molar-refractivity contribution < 1.29 is 19.4 Å². The third kappa shape index (κ3) is 6.14. The summed E-state index contributed by atoms with van der Waals surface area (Å²) in [6, 6.07) is -0.864. The molecule has 1 amide bonds. The number of hydrogen-bond acceptors (Lipinski definition) is 3. The molecule has 0 saturated heterocycles. The molecule has 0 aromatic rings. The molecule has 0 aliphatic heterocycles. The van der Waals surface area contributed by atoms with Gasteiger partial charge in [-0.3, -0.25) is 4.90 Å². The Hall–Kier alpha value is -1.26. The molecule has 17 heavy (non-hydrogen) atoms. The Bertz CT molecular complexity index is 270. The zero-order valence-corrected chi connectivity index (χ0v) is 11.3. The fourth-order valence-electron chi connectivity index (χ4n) is 1.23. The van der Waals surface area contributed by atoms with Gasteiger partial charge in [-0.2, -0.15) is 0 Å². The highest BCUT2D eigenvalue weighted by Gasteiger charge is 2.29. The number of carbonyl (C=O) groups excluding carboxylic acids is 1. The minimum absolute atomic E-state index is 0.402. The quantitative estimate of drug-likeness (QED) is 0.808. The zero-order valence-electron chi connectivity index (χ0n) is 11.3. The van der Waals surface area contributed by atoms with Crippen LogP contribution in [0, 0.1) is 0 Å². The second-order valence-corrected chi connectivity index (χ2v) is 5.04. The highest BCUT2D eigenvalue weighted by molar-refractivity contribution is 5.79. The molecule has 0 spiro atoms. The van der Waals surface area contributed by atoms with Gasteiger partial charge in [0.15, 0.2) is 0 Å². The Morgan fingerprint density at radius 1 is 1.35 bits per heavy atom. The fourth-order valence-corrected chi connectivity index (χ4v) is 1.23. The van der Waals surface area contributed by atoms with Gasteiger partial charge in [0.05, 0.1) is 0 Å². The Labute approximate surface area is 103 Å². The standard InChI is InChI=1S/C12H23NO4/c1-6-7-8-13(9(2)10(14)15)11(16)17-12(3,4)5/h9H,6-8H2,1-5H3,(H,14,15)/t9-/m0/s1. The molecular weight excluding hydrogens is 222 g/mol. The fraction of sp³-hybridized carbons (Fsp3) is 0.833. The molecule has 0 aromatic carbocycles. The number of unbranched alkanes of at least 4 members (excludes halogenated alkanes) is 1. The van der Waals surface area contributed by atoms with E-state index in [1.807, 2.05) is 6.92 Å².